The van der Waals surface area contributed by atoms with E-state index in [-0.39, 0.29) is 23.1 Å². The number of carbonyl (C=O) groups is 1. The summed E-state index contributed by atoms with van der Waals surface area (Å²) in [6, 6.07) is 8.34. The number of aryl methyl sites for hydroxylation is 1. The maximum atomic E-state index is 12.6. The van der Waals surface area contributed by atoms with E-state index in [2.05, 4.69) is 5.10 Å². The van der Waals surface area contributed by atoms with E-state index < -0.39 is 21.2 Å². The van der Waals surface area contributed by atoms with E-state index in [9.17, 15) is 18.0 Å². The zero-order chi connectivity index (χ0) is 20.8. The molecule has 7 nitrogen and oxygen atoms in total. The predicted molar refractivity (Wildman–Crippen MR) is 110 cm³/mol. The Kier molecular flexibility index (Phi) is 4.74. The average Bonchev–Trinajstić information content (AvgIpc) is 3.17. The molecular weight excluding hydrogens is 392 g/mol. The lowest BCUT2D eigenvalue weighted by atomic mass is 10.1. The van der Waals surface area contributed by atoms with Crippen molar-refractivity contribution < 1.29 is 17.6 Å². The van der Waals surface area contributed by atoms with E-state index in [1.165, 1.54) is 12.1 Å². The van der Waals surface area contributed by atoms with Gasteiger partial charge in [0.2, 0.25) is 0 Å². The minimum atomic E-state index is -3.03. The molecule has 2 aromatic heterocycles. The van der Waals surface area contributed by atoms with E-state index >= 15 is 0 Å². The van der Waals surface area contributed by atoms with Crippen molar-refractivity contribution in [2.45, 2.75) is 26.3 Å². The maximum Gasteiger partial charge on any atom is 0.347 e. The van der Waals surface area contributed by atoms with Crippen molar-refractivity contribution in [2.75, 3.05) is 11.5 Å². The highest BCUT2D eigenvalue weighted by Crippen LogP contribution is 2.27. The van der Waals surface area contributed by atoms with Gasteiger partial charge in [0, 0.05) is 16.6 Å². The first-order valence-corrected chi connectivity index (χ1v) is 11.1. The topological polar surface area (TPSA) is 99.2 Å². The molecule has 1 atom stereocenters. The first kappa shape index (κ1) is 19.3. The molecule has 0 amide bonds. The van der Waals surface area contributed by atoms with Crippen molar-refractivity contribution in [3.63, 3.8) is 0 Å². The van der Waals surface area contributed by atoms with Gasteiger partial charge in [0.1, 0.15) is 11.1 Å². The Balaban J connectivity index is 1.64. The summed E-state index contributed by atoms with van der Waals surface area (Å²) in [5, 5.41) is 5.15. The second-order valence-corrected chi connectivity index (χ2v) is 9.50. The molecule has 0 radical (unpaired) electrons. The van der Waals surface area contributed by atoms with Crippen LogP contribution in [0.2, 0.25) is 0 Å². The van der Waals surface area contributed by atoms with Gasteiger partial charge in [0.15, 0.2) is 15.6 Å². The van der Waals surface area contributed by atoms with Crippen molar-refractivity contribution in [3.8, 4) is 0 Å². The highest BCUT2D eigenvalue weighted by Gasteiger charge is 2.31. The summed E-state index contributed by atoms with van der Waals surface area (Å²) in [4.78, 5) is 24.8. The molecule has 0 bridgehead atoms. The number of allylic oxidation sites excluding steroid dienone is 1. The van der Waals surface area contributed by atoms with Crippen LogP contribution in [0, 0.1) is 13.8 Å². The number of sulfone groups is 1. The van der Waals surface area contributed by atoms with E-state index in [4.69, 9.17) is 4.42 Å². The molecule has 0 spiro atoms. The van der Waals surface area contributed by atoms with Gasteiger partial charge in [-0.1, -0.05) is 18.2 Å². The standard InChI is InChI=1S/C21H20N2O5S/c1-13-17(14(2)23(22-13)16-9-10-29(26,27)12-16)7-8-19(24)18-11-15-5-3-4-6-20(15)28-21(18)25/h3-8,11,16H,9-10,12H2,1-2H3/b8-7+/t16-/m1/s1. The summed E-state index contributed by atoms with van der Waals surface area (Å²) < 4.78 is 30.5. The number of para-hydroxylation sites is 1. The summed E-state index contributed by atoms with van der Waals surface area (Å²) in [5.41, 5.74) is 1.94. The Morgan fingerprint density at radius 1 is 1.28 bits per heavy atom. The van der Waals surface area contributed by atoms with Crippen LogP contribution in [0.1, 0.15) is 39.8 Å². The summed E-state index contributed by atoms with van der Waals surface area (Å²) in [5.74, 6) is -0.216. The minimum Gasteiger partial charge on any atom is -0.422 e. The van der Waals surface area contributed by atoms with E-state index in [0.717, 1.165) is 11.3 Å². The van der Waals surface area contributed by atoms with Crippen LogP contribution in [-0.2, 0) is 9.84 Å². The first-order valence-electron chi connectivity index (χ1n) is 9.26. The van der Waals surface area contributed by atoms with Gasteiger partial charge in [-0.2, -0.15) is 5.10 Å². The van der Waals surface area contributed by atoms with Crippen LogP contribution >= 0.6 is 0 Å². The molecular formula is C21H20N2O5S. The van der Waals surface area contributed by atoms with E-state index in [1.807, 2.05) is 13.8 Å². The molecule has 0 N–H and O–H groups in total. The largest absolute Gasteiger partial charge is 0.422 e. The smallest absolute Gasteiger partial charge is 0.347 e. The van der Waals surface area contributed by atoms with Gasteiger partial charge < -0.3 is 4.42 Å². The summed E-state index contributed by atoms with van der Waals surface area (Å²) >= 11 is 0. The summed E-state index contributed by atoms with van der Waals surface area (Å²) in [6.45, 7) is 3.65. The highest BCUT2D eigenvalue weighted by atomic mass is 32.2. The zero-order valence-corrected chi connectivity index (χ0v) is 16.9. The third-order valence-electron chi connectivity index (χ3n) is 5.24. The Labute approximate surface area is 167 Å². The molecule has 1 fully saturated rings. The molecule has 1 saturated heterocycles. The van der Waals surface area contributed by atoms with Crippen LogP contribution in [0.25, 0.3) is 17.0 Å². The molecule has 3 aromatic rings. The Morgan fingerprint density at radius 2 is 2.03 bits per heavy atom. The van der Waals surface area contributed by atoms with Crippen molar-refractivity contribution in [3.05, 3.63) is 69.3 Å². The van der Waals surface area contributed by atoms with Gasteiger partial charge in [0.25, 0.3) is 0 Å². The van der Waals surface area contributed by atoms with E-state index in [0.29, 0.717) is 23.1 Å². The molecule has 1 aliphatic rings. The summed E-state index contributed by atoms with van der Waals surface area (Å²) in [7, 11) is -3.03. The molecule has 150 valence electrons. The van der Waals surface area contributed by atoms with Crippen molar-refractivity contribution in [1.82, 2.24) is 9.78 Å². The third kappa shape index (κ3) is 3.67. The molecule has 0 aliphatic carbocycles. The van der Waals surface area contributed by atoms with Crippen molar-refractivity contribution >= 4 is 32.7 Å². The van der Waals surface area contributed by atoms with Crippen molar-refractivity contribution in [1.29, 1.82) is 0 Å². The predicted octanol–water partition coefficient (Wildman–Crippen LogP) is 2.86. The van der Waals surface area contributed by atoms with Gasteiger partial charge in [0.05, 0.1) is 23.2 Å². The lowest BCUT2D eigenvalue weighted by Crippen LogP contribution is -2.14. The Hall–Kier alpha value is -3.00. The van der Waals surface area contributed by atoms with Gasteiger partial charge in [-0.05, 0) is 44.6 Å². The van der Waals surface area contributed by atoms with Crippen LogP contribution in [0.15, 0.2) is 45.6 Å². The van der Waals surface area contributed by atoms with Gasteiger partial charge in [-0.15, -0.1) is 0 Å². The Morgan fingerprint density at radius 3 is 2.76 bits per heavy atom. The third-order valence-corrected chi connectivity index (χ3v) is 6.99. The number of ketones is 1. The monoisotopic (exact) mass is 412 g/mol. The molecule has 1 aliphatic heterocycles. The quantitative estimate of drug-likeness (QED) is 0.371. The van der Waals surface area contributed by atoms with Gasteiger partial charge >= 0.3 is 5.63 Å². The molecule has 1 aromatic carbocycles. The number of carbonyl (C=O) groups excluding carboxylic acids is 1. The molecule has 3 heterocycles. The normalized spacial score (nSPS) is 18.6. The fraction of sp³-hybridized carbons (Fsp3) is 0.286. The number of rotatable bonds is 4. The number of benzene rings is 1. The SMILES string of the molecule is Cc1nn([C@@H]2CCS(=O)(=O)C2)c(C)c1/C=C/C(=O)c1cc2ccccc2oc1=O. The number of fused-ring (bicyclic) bond motifs is 1. The van der Waals surface area contributed by atoms with Crippen LogP contribution in [0.4, 0.5) is 0 Å². The van der Waals surface area contributed by atoms with Gasteiger partial charge in [-0.25, -0.2) is 13.2 Å². The number of aromatic nitrogens is 2. The lowest BCUT2D eigenvalue weighted by molar-refractivity contribution is 0.104. The molecule has 29 heavy (non-hydrogen) atoms. The Bertz CT molecular complexity index is 1310. The molecule has 4 rings (SSSR count). The fourth-order valence-electron chi connectivity index (χ4n) is 3.72. The average molecular weight is 412 g/mol. The number of hydrogen-bond donors (Lipinski definition) is 0. The summed E-state index contributed by atoms with van der Waals surface area (Å²) in [6.07, 6.45) is 3.48. The molecule has 0 unspecified atom stereocenters. The number of hydrogen-bond acceptors (Lipinski definition) is 6. The lowest BCUT2D eigenvalue weighted by Gasteiger charge is -2.10. The second-order valence-electron chi connectivity index (χ2n) is 7.27. The molecule has 8 heteroatoms. The minimum absolute atomic E-state index is 0.0375. The van der Waals surface area contributed by atoms with Crippen LogP contribution in [0.5, 0.6) is 0 Å². The highest BCUT2D eigenvalue weighted by molar-refractivity contribution is 7.91. The van der Waals surface area contributed by atoms with Crippen LogP contribution in [0.3, 0.4) is 0 Å². The van der Waals surface area contributed by atoms with Crippen molar-refractivity contribution in [2.24, 2.45) is 0 Å². The van der Waals surface area contributed by atoms with Gasteiger partial charge in [-0.3, -0.25) is 9.48 Å². The number of nitrogens with zero attached hydrogens (tertiary/aromatic N) is 2. The van der Waals surface area contributed by atoms with Crippen LogP contribution < -0.4 is 5.63 Å². The second kappa shape index (κ2) is 7.11. The van der Waals surface area contributed by atoms with Crippen LogP contribution in [-0.4, -0.2) is 35.5 Å². The first-order chi connectivity index (χ1) is 13.7. The molecule has 0 saturated carbocycles. The fourth-order valence-corrected chi connectivity index (χ4v) is 5.42. The maximum absolute atomic E-state index is 12.6. The zero-order valence-electron chi connectivity index (χ0n) is 16.1. The van der Waals surface area contributed by atoms with E-state index in [1.54, 1.807) is 35.0 Å².